The number of ether oxygens (including phenoxy) is 1. The molecule has 1 rings (SSSR count). The largest absolute Gasteiger partial charge is 0.455 e. The van der Waals surface area contributed by atoms with Gasteiger partial charge in [0.05, 0.1) is 0 Å². The van der Waals surface area contributed by atoms with Crippen LogP contribution in [-0.2, 0) is 11.3 Å². The lowest BCUT2D eigenvalue weighted by molar-refractivity contribution is 0.162. The van der Waals surface area contributed by atoms with Gasteiger partial charge < -0.3 is 14.0 Å². The van der Waals surface area contributed by atoms with Gasteiger partial charge in [0, 0.05) is 14.0 Å². The molecular weight excluding hydrogens is 154 g/mol. The van der Waals surface area contributed by atoms with Gasteiger partial charge in [-0.05, 0) is 12.1 Å². The Morgan fingerprint density at radius 3 is 3.00 bits per heavy atom. The van der Waals surface area contributed by atoms with Crippen molar-refractivity contribution >= 4 is 0 Å². The standard InChI is InChI=1S/C9H11NO2/c1-7(10-2)9-5-4-8(12-9)6-11-3/h4-5,7H,6H2,1,3H3. The van der Waals surface area contributed by atoms with Gasteiger partial charge in [-0.25, -0.2) is 6.57 Å². The van der Waals surface area contributed by atoms with Crippen molar-refractivity contribution in [2.75, 3.05) is 7.11 Å². The molecule has 0 aliphatic rings. The number of rotatable bonds is 3. The molecule has 1 heterocycles. The van der Waals surface area contributed by atoms with Crippen LogP contribution in [0.2, 0.25) is 0 Å². The molecule has 1 unspecified atom stereocenters. The molecule has 0 aliphatic carbocycles. The third-order valence-electron chi connectivity index (χ3n) is 1.57. The van der Waals surface area contributed by atoms with Crippen LogP contribution in [-0.4, -0.2) is 7.11 Å². The van der Waals surface area contributed by atoms with E-state index in [0.717, 1.165) is 5.76 Å². The molecule has 0 radical (unpaired) electrons. The summed E-state index contributed by atoms with van der Waals surface area (Å²) < 4.78 is 10.2. The van der Waals surface area contributed by atoms with Crippen molar-refractivity contribution in [1.82, 2.24) is 0 Å². The van der Waals surface area contributed by atoms with E-state index in [1.54, 1.807) is 7.11 Å². The van der Waals surface area contributed by atoms with Crippen LogP contribution >= 0.6 is 0 Å². The minimum absolute atomic E-state index is 0.199. The molecule has 0 amide bonds. The average Bonchev–Trinajstić information content (AvgIpc) is 2.52. The number of hydrogen-bond donors (Lipinski definition) is 0. The second-order valence-corrected chi connectivity index (χ2v) is 2.54. The van der Waals surface area contributed by atoms with Crippen molar-refractivity contribution in [2.45, 2.75) is 19.6 Å². The third kappa shape index (κ3) is 1.86. The smallest absolute Gasteiger partial charge is 0.277 e. The van der Waals surface area contributed by atoms with Crippen LogP contribution in [0.1, 0.15) is 24.5 Å². The van der Waals surface area contributed by atoms with E-state index < -0.39 is 0 Å². The van der Waals surface area contributed by atoms with Crippen molar-refractivity contribution in [1.29, 1.82) is 0 Å². The van der Waals surface area contributed by atoms with Crippen molar-refractivity contribution < 1.29 is 9.15 Å². The average molecular weight is 165 g/mol. The first-order chi connectivity index (χ1) is 5.77. The molecule has 12 heavy (non-hydrogen) atoms. The minimum atomic E-state index is -0.199. The summed E-state index contributed by atoms with van der Waals surface area (Å²) in [5.41, 5.74) is 0. The van der Waals surface area contributed by atoms with Gasteiger partial charge in [-0.1, -0.05) is 0 Å². The van der Waals surface area contributed by atoms with Gasteiger partial charge in [0.15, 0.2) is 5.76 Å². The maximum Gasteiger partial charge on any atom is 0.277 e. The fraction of sp³-hybridized carbons (Fsp3) is 0.444. The fourth-order valence-corrected chi connectivity index (χ4v) is 0.902. The first kappa shape index (κ1) is 8.82. The second-order valence-electron chi connectivity index (χ2n) is 2.54. The first-order valence-corrected chi connectivity index (χ1v) is 3.72. The van der Waals surface area contributed by atoms with Gasteiger partial charge in [-0.2, -0.15) is 0 Å². The highest BCUT2D eigenvalue weighted by atomic mass is 16.5. The Morgan fingerprint density at radius 2 is 2.42 bits per heavy atom. The molecule has 1 aromatic heterocycles. The van der Waals surface area contributed by atoms with Gasteiger partial charge in [0.25, 0.3) is 6.04 Å². The molecule has 0 fully saturated rings. The summed E-state index contributed by atoms with van der Waals surface area (Å²) in [5, 5.41) is 0. The normalized spacial score (nSPS) is 12.4. The maximum atomic E-state index is 6.79. The monoisotopic (exact) mass is 165 g/mol. The Labute approximate surface area is 71.8 Å². The summed E-state index contributed by atoms with van der Waals surface area (Å²) in [4.78, 5) is 3.35. The Balaban J connectivity index is 2.71. The van der Waals surface area contributed by atoms with Gasteiger partial charge in [-0.3, -0.25) is 0 Å². The summed E-state index contributed by atoms with van der Waals surface area (Å²) in [5.74, 6) is 1.47. The van der Waals surface area contributed by atoms with E-state index in [1.807, 2.05) is 19.1 Å². The summed E-state index contributed by atoms with van der Waals surface area (Å²) in [6.07, 6.45) is 0. The van der Waals surface area contributed by atoms with Crippen molar-refractivity contribution in [3.05, 3.63) is 35.1 Å². The topological polar surface area (TPSA) is 26.7 Å². The Hall–Kier alpha value is -1.27. The van der Waals surface area contributed by atoms with Crippen LogP contribution in [0, 0.1) is 6.57 Å². The molecule has 0 spiro atoms. The van der Waals surface area contributed by atoms with Crippen molar-refractivity contribution in [2.24, 2.45) is 0 Å². The zero-order chi connectivity index (χ0) is 8.97. The zero-order valence-corrected chi connectivity index (χ0v) is 7.20. The second kappa shape index (κ2) is 3.93. The molecule has 3 heteroatoms. The number of hydrogen-bond acceptors (Lipinski definition) is 2. The third-order valence-corrected chi connectivity index (χ3v) is 1.57. The van der Waals surface area contributed by atoms with E-state index >= 15 is 0 Å². The lowest BCUT2D eigenvalue weighted by atomic mass is 10.3. The molecule has 0 aromatic carbocycles. The summed E-state index contributed by atoms with van der Waals surface area (Å²) in [6, 6.07) is 3.45. The summed E-state index contributed by atoms with van der Waals surface area (Å²) in [6.45, 7) is 9.06. The van der Waals surface area contributed by atoms with Gasteiger partial charge in [0.2, 0.25) is 0 Å². The molecule has 0 saturated heterocycles. The maximum absolute atomic E-state index is 6.79. The molecular formula is C9H11NO2. The highest BCUT2D eigenvalue weighted by Crippen LogP contribution is 2.19. The van der Waals surface area contributed by atoms with Crippen molar-refractivity contribution in [3.63, 3.8) is 0 Å². The Kier molecular flexibility index (Phi) is 2.89. The quantitative estimate of drug-likeness (QED) is 0.643. The van der Waals surface area contributed by atoms with E-state index in [-0.39, 0.29) is 6.04 Å². The number of methoxy groups -OCH3 is 1. The van der Waals surface area contributed by atoms with Gasteiger partial charge in [-0.15, -0.1) is 0 Å². The Bertz CT molecular complexity index is 285. The first-order valence-electron chi connectivity index (χ1n) is 3.72. The van der Waals surface area contributed by atoms with E-state index in [0.29, 0.717) is 12.4 Å². The minimum Gasteiger partial charge on any atom is -0.455 e. The Morgan fingerprint density at radius 1 is 1.67 bits per heavy atom. The van der Waals surface area contributed by atoms with E-state index in [9.17, 15) is 0 Å². The highest BCUT2D eigenvalue weighted by molar-refractivity contribution is 5.11. The molecule has 0 aliphatic heterocycles. The molecule has 0 bridgehead atoms. The van der Waals surface area contributed by atoms with Gasteiger partial charge in [0.1, 0.15) is 12.4 Å². The zero-order valence-electron chi connectivity index (χ0n) is 7.20. The predicted octanol–water partition coefficient (Wildman–Crippen LogP) is 2.41. The van der Waals surface area contributed by atoms with Crippen LogP contribution in [0.25, 0.3) is 4.85 Å². The van der Waals surface area contributed by atoms with E-state index in [1.165, 1.54) is 0 Å². The van der Waals surface area contributed by atoms with Crippen LogP contribution in [0.5, 0.6) is 0 Å². The molecule has 3 nitrogen and oxygen atoms in total. The number of nitrogens with zero attached hydrogens (tertiary/aromatic N) is 1. The SMILES string of the molecule is [C-]#[N+]C(C)c1ccc(COC)o1. The lowest BCUT2D eigenvalue weighted by Gasteiger charge is -1.94. The highest BCUT2D eigenvalue weighted by Gasteiger charge is 2.12. The number of furan rings is 1. The lowest BCUT2D eigenvalue weighted by Crippen LogP contribution is -1.84. The fourth-order valence-electron chi connectivity index (χ4n) is 0.902. The summed E-state index contributed by atoms with van der Waals surface area (Å²) >= 11 is 0. The van der Waals surface area contributed by atoms with Crippen LogP contribution < -0.4 is 0 Å². The summed E-state index contributed by atoms with van der Waals surface area (Å²) in [7, 11) is 1.61. The van der Waals surface area contributed by atoms with Crippen LogP contribution in [0.4, 0.5) is 0 Å². The van der Waals surface area contributed by atoms with Crippen LogP contribution in [0.3, 0.4) is 0 Å². The molecule has 1 atom stereocenters. The predicted molar refractivity (Wildman–Crippen MR) is 44.4 cm³/mol. The van der Waals surface area contributed by atoms with Crippen molar-refractivity contribution in [3.8, 4) is 0 Å². The van der Waals surface area contributed by atoms with E-state index in [2.05, 4.69) is 4.85 Å². The van der Waals surface area contributed by atoms with Gasteiger partial charge >= 0.3 is 0 Å². The van der Waals surface area contributed by atoms with Crippen LogP contribution in [0.15, 0.2) is 16.5 Å². The molecule has 64 valence electrons. The molecule has 0 N–H and O–H groups in total. The van der Waals surface area contributed by atoms with E-state index in [4.69, 9.17) is 15.7 Å². The molecule has 0 saturated carbocycles. The molecule has 1 aromatic rings.